The van der Waals surface area contributed by atoms with Crippen molar-refractivity contribution in [2.24, 2.45) is 5.84 Å². The van der Waals surface area contributed by atoms with Gasteiger partial charge in [-0.15, -0.1) is 0 Å². The summed E-state index contributed by atoms with van der Waals surface area (Å²) in [6, 6.07) is 4.93. The number of nitrogens with one attached hydrogen (secondary N) is 1. The molecule has 3 N–H and O–H groups in total. The molecule has 1 aromatic rings. The van der Waals surface area contributed by atoms with Gasteiger partial charge in [0, 0.05) is 11.1 Å². The Morgan fingerprint density at radius 2 is 1.89 bits per heavy atom. The molecule has 0 fully saturated rings. The quantitative estimate of drug-likeness (QED) is 0.615. The number of likely N-dealkylation sites (N-methyl/N-ethyl adjacent to an activating group) is 1. The molecule has 3 nitrogen and oxygen atoms in total. The summed E-state index contributed by atoms with van der Waals surface area (Å²) in [6.07, 6.45) is 1.78. The first-order chi connectivity index (χ1) is 8.92. The van der Waals surface area contributed by atoms with Crippen molar-refractivity contribution in [3.05, 3.63) is 35.1 Å². The SMILES string of the molecule is CCC(CC)(C(NN)c1cc(C)ccc1F)N(C)C. The van der Waals surface area contributed by atoms with Crippen LogP contribution < -0.4 is 11.3 Å². The van der Waals surface area contributed by atoms with E-state index in [1.165, 1.54) is 6.07 Å². The number of aryl methyl sites for hydroxylation is 1. The largest absolute Gasteiger partial charge is 0.302 e. The van der Waals surface area contributed by atoms with Crippen molar-refractivity contribution in [2.75, 3.05) is 14.1 Å². The van der Waals surface area contributed by atoms with Crippen LogP contribution in [0.25, 0.3) is 0 Å². The van der Waals surface area contributed by atoms with Crippen LogP contribution in [0.5, 0.6) is 0 Å². The molecule has 1 rings (SSSR count). The Morgan fingerprint density at radius 1 is 1.32 bits per heavy atom. The van der Waals surface area contributed by atoms with Crippen LogP contribution in [-0.2, 0) is 0 Å². The second-order valence-corrected chi connectivity index (χ2v) is 5.33. The predicted octanol–water partition coefficient (Wildman–Crippen LogP) is 2.76. The van der Waals surface area contributed by atoms with Crippen LogP contribution in [-0.4, -0.2) is 24.5 Å². The van der Waals surface area contributed by atoms with E-state index in [-0.39, 0.29) is 17.4 Å². The molecule has 0 aromatic heterocycles. The highest BCUT2D eigenvalue weighted by molar-refractivity contribution is 5.29. The molecule has 1 unspecified atom stereocenters. The molecule has 0 aliphatic heterocycles. The van der Waals surface area contributed by atoms with Gasteiger partial charge in [-0.05, 0) is 39.9 Å². The van der Waals surface area contributed by atoms with E-state index in [0.29, 0.717) is 5.56 Å². The molecular formula is C15H26FN3. The van der Waals surface area contributed by atoms with E-state index < -0.39 is 0 Å². The fourth-order valence-electron chi connectivity index (χ4n) is 2.97. The van der Waals surface area contributed by atoms with E-state index in [1.807, 2.05) is 27.1 Å². The molecule has 108 valence electrons. The minimum absolute atomic E-state index is 0.205. The zero-order valence-electron chi connectivity index (χ0n) is 12.6. The topological polar surface area (TPSA) is 41.3 Å². The van der Waals surface area contributed by atoms with Gasteiger partial charge in [0.2, 0.25) is 0 Å². The van der Waals surface area contributed by atoms with Gasteiger partial charge >= 0.3 is 0 Å². The molecule has 0 heterocycles. The van der Waals surface area contributed by atoms with Crippen LogP contribution in [0, 0.1) is 12.7 Å². The lowest BCUT2D eigenvalue weighted by Crippen LogP contribution is -2.55. The maximum Gasteiger partial charge on any atom is 0.128 e. The third-order valence-electron chi connectivity index (χ3n) is 4.28. The van der Waals surface area contributed by atoms with Crippen molar-refractivity contribution in [3.63, 3.8) is 0 Å². The summed E-state index contributed by atoms with van der Waals surface area (Å²) in [4.78, 5) is 2.14. The van der Waals surface area contributed by atoms with Crippen molar-refractivity contribution >= 4 is 0 Å². The average molecular weight is 267 g/mol. The Labute approximate surface area is 116 Å². The highest BCUT2D eigenvalue weighted by Crippen LogP contribution is 2.36. The third kappa shape index (κ3) is 2.96. The van der Waals surface area contributed by atoms with Crippen molar-refractivity contribution in [3.8, 4) is 0 Å². The molecule has 0 bridgehead atoms. The summed E-state index contributed by atoms with van der Waals surface area (Å²) >= 11 is 0. The van der Waals surface area contributed by atoms with Gasteiger partial charge < -0.3 is 4.90 Å². The first-order valence-corrected chi connectivity index (χ1v) is 6.82. The first-order valence-electron chi connectivity index (χ1n) is 6.82. The van der Waals surface area contributed by atoms with Gasteiger partial charge in [-0.3, -0.25) is 11.3 Å². The van der Waals surface area contributed by atoms with Gasteiger partial charge in [-0.1, -0.05) is 31.5 Å². The van der Waals surface area contributed by atoms with Gasteiger partial charge in [-0.25, -0.2) is 4.39 Å². The Balaban J connectivity index is 3.35. The van der Waals surface area contributed by atoms with Gasteiger partial charge in [0.25, 0.3) is 0 Å². The number of rotatable bonds is 6. The summed E-state index contributed by atoms with van der Waals surface area (Å²) in [6.45, 7) is 6.19. The van der Waals surface area contributed by atoms with E-state index in [4.69, 9.17) is 5.84 Å². The van der Waals surface area contributed by atoms with Crippen LogP contribution in [0.2, 0.25) is 0 Å². The molecule has 4 heteroatoms. The van der Waals surface area contributed by atoms with E-state index in [1.54, 1.807) is 6.07 Å². The molecule has 1 atom stereocenters. The van der Waals surface area contributed by atoms with Gasteiger partial charge in [0.15, 0.2) is 0 Å². The molecule has 0 aliphatic carbocycles. The molecular weight excluding hydrogens is 241 g/mol. The van der Waals surface area contributed by atoms with Crippen LogP contribution in [0.15, 0.2) is 18.2 Å². The van der Waals surface area contributed by atoms with Crippen molar-refractivity contribution in [1.82, 2.24) is 10.3 Å². The van der Waals surface area contributed by atoms with Crippen LogP contribution >= 0.6 is 0 Å². The number of hydrogen-bond donors (Lipinski definition) is 2. The maximum atomic E-state index is 14.2. The molecule has 1 aromatic carbocycles. The van der Waals surface area contributed by atoms with E-state index >= 15 is 0 Å². The normalized spacial score (nSPS) is 13.9. The third-order valence-corrected chi connectivity index (χ3v) is 4.28. The molecule has 0 amide bonds. The van der Waals surface area contributed by atoms with E-state index in [0.717, 1.165) is 18.4 Å². The molecule has 0 saturated carbocycles. The minimum Gasteiger partial charge on any atom is -0.302 e. The number of nitrogens with zero attached hydrogens (tertiary/aromatic N) is 1. The smallest absolute Gasteiger partial charge is 0.128 e. The van der Waals surface area contributed by atoms with Gasteiger partial charge in [-0.2, -0.15) is 0 Å². The zero-order valence-corrected chi connectivity index (χ0v) is 12.6. The standard InChI is InChI=1S/C15H26FN3/c1-6-15(7-2,19(4)5)14(18-17)12-10-11(3)8-9-13(12)16/h8-10,14,18H,6-7,17H2,1-5H3. The molecule has 0 saturated heterocycles. The molecule has 19 heavy (non-hydrogen) atoms. The summed E-state index contributed by atoms with van der Waals surface area (Å²) in [5.41, 5.74) is 4.30. The fourth-order valence-corrected chi connectivity index (χ4v) is 2.97. The van der Waals surface area contributed by atoms with Crippen molar-refractivity contribution in [1.29, 1.82) is 0 Å². The maximum absolute atomic E-state index is 14.2. The van der Waals surface area contributed by atoms with E-state index in [2.05, 4.69) is 24.2 Å². The second-order valence-electron chi connectivity index (χ2n) is 5.33. The van der Waals surface area contributed by atoms with E-state index in [9.17, 15) is 4.39 Å². The predicted molar refractivity (Wildman–Crippen MR) is 78.2 cm³/mol. The van der Waals surface area contributed by atoms with Crippen LogP contribution in [0.4, 0.5) is 4.39 Å². The second kappa shape index (κ2) is 6.46. The fraction of sp³-hybridized carbons (Fsp3) is 0.600. The summed E-state index contributed by atoms with van der Waals surface area (Å²) < 4.78 is 14.2. The monoisotopic (exact) mass is 267 g/mol. The van der Waals surface area contributed by atoms with Crippen molar-refractivity contribution < 1.29 is 4.39 Å². The number of nitrogens with two attached hydrogens (primary N) is 1. The first kappa shape index (κ1) is 16.1. The number of benzene rings is 1. The number of halogens is 1. The Kier molecular flexibility index (Phi) is 5.47. The Hall–Kier alpha value is -0.970. The highest BCUT2D eigenvalue weighted by Gasteiger charge is 2.39. The summed E-state index contributed by atoms with van der Waals surface area (Å²) in [7, 11) is 4.04. The van der Waals surface area contributed by atoms with Crippen molar-refractivity contribution in [2.45, 2.75) is 45.2 Å². The summed E-state index contributed by atoms with van der Waals surface area (Å²) in [5.74, 6) is 5.55. The van der Waals surface area contributed by atoms with Gasteiger partial charge in [0.1, 0.15) is 5.82 Å². The zero-order chi connectivity index (χ0) is 14.6. The number of hydrazine groups is 1. The number of hydrogen-bond acceptors (Lipinski definition) is 3. The lowest BCUT2D eigenvalue weighted by atomic mass is 9.79. The minimum atomic E-state index is -0.239. The Morgan fingerprint density at radius 3 is 2.32 bits per heavy atom. The molecule has 0 radical (unpaired) electrons. The highest BCUT2D eigenvalue weighted by atomic mass is 19.1. The van der Waals surface area contributed by atoms with Crippen LogP contribution in [0.3, 0.4) is 0 Å². The lowest BCUT2D eigenvalue weighted by molar-refractivity contribution is 0.0865. The molecule has 0 aliphatic rings. The lowest BCUT2D eigenvalue weighted by Gasteiger charge is -2.45. The summed E-state index contributed by atoms with van der Waals surface area (Å²) in [5, 5.41) is 0. The Bertz CT molecular complexity index is 414. The van der Waals surface area contributed by atoms with Crippen LogP contribution in [0.1, 0.15) is 43.9 Å². The van der Waals surface area contributed by atoms with Gasteiger partial charge in [0.05, 0.1) is 6.04 Å². The average Bonchev–Trinajstić information content (AvgIpc) is 2.39. The molecule has 0 spiro atoms.